The van der Waals surface area contributed by atoms with E-state index in [2.05, 4.69) is 15.3 Å². The molecule has 5 aliphatic rings. The molecule has 5 fully saturated rings. The summed E-state index contributed by atoms with van der Waals surface area (Å²) in [7, 11) is 1.72. The Balaban J connectivity index is 1.13. The standard InChI is InChI=1S/C25H34F3N5O3/c1-35-20-14-36-8-5-19(20)30-16-9-15-3-2-6-24(15,11-16)23(34)33-13-17-10-18(33)12-32(17)21-4-7-29-22(31-21)25(26,27)28/h4,7,15-20,30H,2-3,5-6,8-14H2,1H3/t15-,16-,17-,18+,19+,20-,24-/m1/s1. The highest BCUT2D eigenvalue weighted by atomic mass is 19.4. The average molecular weight is 510 g/mol. The van der Waals surface area contributed by atoms with Crippen molar-refractivity contribution in [2.75, 3.05) is 38.3 Å². The molecule has 198 valence electrons. The van der Waals surface area contributed by atoms with Crippen LogP contribution in [0.3, 0.4) is 0 Å². The number of methoxy groups -OCH3 is 1. The second-order valence-corrected chi connectivity index (χ2v) is 11.2. The van der Waals surface area contributed by atoms with E-state index in [1.54, 1.807) is 7.11 Å². The molecule has 1 amide bonds. The zero-order chi connectivity index (χ0) is 25.1. The lowest BCUT2D eigenvalue weighted by Gasteiger charge is -2.40. The lowest BCUT2D eigenvalue weighted by atomic mass is 9.78. The summed E-state index contributed by atoms with van der Waals surface area (Å²) in [4.78, 5) is 25.2. The number of rotatable bonds is 5. The van der Waals surface area contributed by atoms with Crippen molar-refractivity contribution in [2.45, 2.75) is 81.4 Å². The Labute approximate surface area is 208 Å². The lowest BCUT2D eigenvalue weighted by Crippen LogP contribution is -2.54. The maximum Gasteiger partial charge on any atom is 0.451 e. The fourth-order valence-electron chi connectivity index (χ4n) is 7.68. The molecule has 1 aromatic rings. The molecule has 0 aromatic carbocycles. The number of carbonyl (C=O) groups excluding carboxylic acids is 1. The van der Waals surface area contributed by atoms with E-state index in [0.29, 0.717) is 31.4 Å². The highest BCUT2D eigenvalue weighted by molar-refractivity contribution is 5.85. The largest absolute Gasteiger partial charge is 0.451 e. The molecule has 7 atom stereocenters. The highest BCUT2D eigenvalue weighted by Crippen LogP contribution is 2.56. The summed E-state index contributed by atoms with van der Waals surface area (Å²) < 4.78 is 50.5. The Hall–Kier alpha value is -1.98. The zero-order valence-electron chi connectivity index (χ0n) is 20.5. The number of anilines is 1. The molecule has 0 unspecified atom stereocenters. The zero-order valence-corrected chi connectivity index (χ0v) is 20.5. The van der Waals surface area contributed by atoms with Crippen LogP contribution in [0.2, 0.25) is 0 Å². The van der Waals surface area contributed by atoms with E-state index < -0.39 is 12.0 Å². The first-order valence-corrected chi connectivity index (χ1v) is 13.1. The van der Waals surface area contributed by atoms with Crippen molar-refractivity contribution in [1.29, 1.82) is 0 Å². The highest BCUT2D eigenvalue weighted by Gasteiger charge is 2.59. The Morgan fingerprint density at radius 3 is 2.86 bits per heavy atom. The molecular weight excluding hydrogens is 475 g/mol. The summed E-state index contributed by atoms with van der Waals surface area (Å²) in [6, 6.07) is 2.07. The lowest BCUT2D eigenvalue weighted by molar-refractivity contribution is -0.145. The van der Waals surface area contributed by atoms with Gasteiger partial charge in [0.05, 0.1) is 30.2 Å². The Bertz CT molecular complexity index is 996. The molecule has 1 N–H and O–H groups in total. The molecule has 3 saturated heterocycles. The van der Waals surface area contributed by atoms with Gasteiger partial charge in [0.1, 0.15) is 5.82 Å². The monoisotopic (exact) mass is 509 g/mol. The quantitative estimate of drug-likeness (QED) is 0.654. The average Bonchev–Trinajstić information content (AvgIpc) is 3.63. The minimum atomic E-state index is -4.58. The Morgan fingerprint density at radius 2 is 2.11 bits per heavy atom. The molecule has 1 aromatic heterocycles. The molecule has 2 saturated carbocycles. The van der Waals surface area contributed by atoms with Crippen LogP contribution >= 0.6 is 0 Å². The van der Waals surface area contributed by atoms with Gasteiger partial charge in [-0.05, 0) is 50.5 Å². The van der Waals surface area contributed by atoms with Crippen LogP contribution in [-0.4, -0.2) is 84.5 Å². The number of likely N-dealkylation sites (tertiary alicyclic amines) is 1. The van der Waals surface area contributed by atoms with Crippen molar-refractivity contribution in [3.8, 4) is 0 Å². The summed E-state index contributed by atoms with van der Waals surface area (Å²) in [6.07, 6.45) is 3.26. The first-order chi connectivity index (χ1) is 17.3. The predicted molar refractivity (Wildman–Crippen MR) is 124 cm³/mol. The van der Waals surface area contributed by atoms with E-state index in [1.165, 1.54) is 12.3 Å². The second kappa shape index (κ2) is 9.09. The van der Waals surface area contributed by atoms with E-state index in [0.717, 1.165) is 51.6 Å². The van der Waals surface area contributed by atoms with Crippen molar-refractivity contribution in [3.05, 3.63) is 18.1 Å². The molecule has 36 heavy (non-hydrogen) atoms. The van der Waals surface area contributed by atoms with Gasteiger partial charge in [0, 0.05) is 45.1 Å². The van der Waals surface area contributed by atoms with E-state index in [-0.39, 0.29) is 41.6 Å². The predicted octanol–water partition coefficient (Wildman–Crippen LogP) is 2.63. The number of amides is 1. The van der Waals surface area contributed by atoms with Gasteiger partial charge in [0.25, 0.3) is 0 Å². The van der Waals surface area contributed by atoms with Crippen molar-refractivity contribution in [1.82, 2.24) is 20.2 Å². The van der Waals surface area contributed by atoms with Gasteiger partial charge in [-0.1, -0.05) is 6.42 Å². The third-order valence-electron chi connectivity index (χ3n) is 9.31. The minimum absolute atomic E-state index is 0.00814. The van der Waals surface area contributed by atoms with Crippen molar-refractivity contribution in [3.63, 3.8) is 0 Å². The van der Waals surface area contributed by atoms with Gasteiger partial charge in [0.2, 0.25) is 11.7 Å². The fourth-order valence-corrected chi connectivity index (χ4v) is 7.68. The normalized spacial score (nSPS) is 38.1. The summed E-state index contributed by atoms with van der Waals surface area (Å²) >= 11 is 0. The van der Waals surface area contributed by atoms with Crippen LogP contribution in [0.4, 0.5) is 19.0 Å². The number of fused-ring (bicyclic) bond motifs is 3. The third kappa shape index (κ3) is 4.07. The van der Waals surface area contributed by atoms with E-state index in [4.69, 9.17) is 9.47 Å². The van der Waals surface area contributed by atoms with Gasteiger partial charge in [-0.15, -0.1) is 0 Å². The Morgan fingerprint density at radius 1 is 1.25 bits per heavy atom. The van der Waals surface area contributed by atoms with Gasteiger partial charge in [-0.3, -0.25) is 4.79 Å². The molecule has 2 aliphatic carbocycles. The molecule has 3 aliphatic heterocycles. The van der Waals surface area contributed by atoms with Gasteiger partial charge < -0.3 is 24.6 Å². The number of alkyl halides is 3. The molecule has 4 heterocycles. The molecule has 2 bridgehead atoms. The van der Waals surface area contributed by atoms with Crippen LogP contribution in [0.1, 0.15) is 50.8 Å². The first kappa shape index (κ1) is 24.4. The number of nitrogens with zero attached hydrogens (tertiary/aromatic N) is 4. The van der Waals surface area contributed by atoms with Crippen molar-refractivity contribution < 1.29 is 27.4 Å². The summed E-state index contributed by atoms with van der Waals surface area (Å²) in [6.45, 7) is 2.39. The maximum atomic E-state index is 14.1. The number of piperazine rings is 1. The maximum absolute atomic E-state index is 14.1. The summed E-state index contributed by atoms with van der Waals surface area (Å²) in [5.74, 6) is -0.179. The molecule has 0 radical (unpaired) electrons. The number of halogens is 3. The van der Waals surface area contributed by atoms with E-state index in [1.807, 2.05) is 9.80 Å². The topological polar surface area (TPSA) is 79.8 Å². The van der Waals surface area contributed by atoms with Crippen LogP contribution in [0.25, 0.3) is 0 Å². The number of hydrogen-bond donors (Lipinski definition) is 1. The van der Waals surface area contributed by atoms with E-state index >= 15 is 0 Å². The summed E-state index contributed by atoms with van der Waals surface area (Å²) in [5.41, 5.74) is -0.320. The number of carbonyl (C=O) groups is 1. The van der Waals surface area contributed by atoms with E-state index in [9.17, 15) is 18.0 Å². The second-order valence-electron chi connectivity index (χ2n) is 11.2. The minimum Gasteiger partial charge on any atom is -0.379 e. The third-order valence-corrected chi connectivity index (χ3v) is 9.31. The fraction of sp³-hybridized carbons (Fsp3) is 0.800. The van der Waals surface area contributed by atoms with Crippen LogP contribution in [0.15, 0.2) is 12.3 Å². The number of ether oxygens (including phenoxy) is 2. The number of aromatic nitrogens is 2. The van der Waals surface area contributed by atoms with Crippen LogP contribution in [0, 0.1) is 11.3 Å². The number of nitrogens with one attached hydrogen (secondary N) is 1. The van der Waals surface area contributed by atoms with Crippen molar-refractivity contribution in [2.24, 2.45) is 11.3 Å². The van der Waals surface area contributed by atoms with Crippen molar-refractivity contribution >= 4 is 11.7 Å². The molecule has 0 spiro atoms. The van der Waals surface area contributed by atoms with Crippen LogP contribution < -0.4 is 10.2 Å². The van der Waals surface area contributed by atoms with Crippen LogP contribution in [-0.2, 0) is 20.4 Å². The SMILES string of the molecule is CO[C@@H]1COCC[C@@H]1N[C@@H]1C[C@H]2CCC[C@@]2(C(=O)N2C[C@H]3C[C@H]2CN3c2ccnc(C(F)(F)F)n2)C1. The smallest absolute Gasteiger partial charge is 0.379 e. The molecular formula is C25H34F3N5O3. The number of hydrogen-bond acceptors (Lipinski definition) is 7. The van der Waals surface area contributed by atoms with Gasteiger partial charge in [-0.2, -0.15) is 13.2 Å². The molecule has 11 heteroatoms. The molecule has 6 rings (SSSR count). The van der Waals surface area contributed by atoms with Gasteiger partial charge >= 0.3 is 6.18 Å². The molecule has 8 nitrogen and oxygen atoms in total. The summed E-state index contributed by atoms with van der Waals surface area (Å²) in [5, 5.41) is 3.81. The Kier molecular flexibility index (Phi) is 6.15. The van der Waals surface area contributed by atoms with Crippen LogP contribution in [0.5, 0.6) is 0 Å². The van der Waals surface area contributed by atoms with Gasteiger partial charge in [-0.25, -0.2) is 9.97 Å². The first-order valence-electron chi connectivity index (χ1n) is 13.1. The van der Waals surface area contributed by atoms with Gasteiger partial charge in [0.15, 0.2) is 0 Å².